The number of nitrogens with two attached hydrogens (primary N) is 1. The number of ether oxygens (including phenoxy) is 1. The normalized spacial score (nSPS) is 18.8. The monoisotopic (exact) mass is 569 g/mol. The molecule has 13 nitrogen and oxygen atoms in total. The van der Waals surface area contributed by atoms with Gasteiger partial charge in [0.15, 0.2) is 0 Å². The maximum atomic E-state index is 12.3. The van der Waals surface area contributed by atoms with Crippen LogP contribution >= 0.6 is 0 Å². The third-order valence-corrected chi connectivity index (χ3v) is 7.82. The largest absolute Gasteiger partial charge is 0.533 e. The van der Waals surface area contributed by atoms with E-state index in [9.17, 15) is 36.9 Å². The molecule has 208 valence electrons. The Balaban J connectivity index is 1.39. The summed E-state index contributed by atoms with van der Waals surface area (Å²) < 4.78 is 38.3. The Morgan fingerprint density at radius 1 is 0.975 bits per heavy atom. The van der Waals surface area contributed by atoms with Crippen molar-refractivity contribution in [3.8, 4) is 11.1 Å². The molecule has 14 heteroatoms. The van der Waals surface area contributed by atoms with Crippen LogP contribution in [0.15, 0.2) is 53.4 Å². The second kappa shape index (κ2) is 10.3. The predicted molar refractivity (Wildman–Crippen MR) is 134 cm³/mol. The van der Waals surface area contributed by atoms with Crippen molar-refractivity contribution in [2.24, 2.45) is 5.73 Å². The summed E-state index contributed by atoms with van der Waals surface area (Å²) in [5, 5.41) is 0.361. The van der Waals surface area contributed by atoms with Crippen molar-refractivity contribution in [1.82, 2.24) is 9.96 Å². The highest BCUT2D eigenvalue weighted by Crippen LogP contribution is 2.46. The average molecular weight is 570 g/mol. The highest BCUT2D eigenvalue weighted by molar-refractivity contribution is 7.85. The molecule has 0 bridgehead atoms. The van der Waals surface area contributed by atoms with Gasteiger partial charge in [-0.3, -0.25) is 33.5 Å². The van der Waals surface area contributed by atoms with Crippen molar-refractivity contribution < 1.29 is 46.5 Å². The molecular formula is C26H23N3O10S. The van der Waals surface area contributed by atoms with Gasteiger partial charge in [-0.2, -0.15) is 8.42 Å². The number of carbonyl (C=O) groups is 5. The molecule has 5 rings (SSSR count). The van der Waals surface area contributed by atoms with E-state index in [0.717, 1.165) is 4.90 Å². The fourth-order valence-corrected chi connectivity index (χ4v) is 5.43. The van der Waals surface area contributed by atoms with Crippen LogP contribution in [0.2, 0.25) is 0 Å². The Hall–Kier alpha value is -4.40. The van der Waals surface area contributed by atoms with Crippen LogP contribution in [-0.4, -0.2) is 65.9 Å². The minimum Gasteiger partial charge on any atom is -0.432 e. The van der Waals surface area contributed by atoms with E-state index in [2.05, 4.69) is 0 Å². The number of nitrogens with zero attached hydrogens (tertiary/aromatic N) is 2. The molecular weight excluding hydrogens is 546 g/mol. The number of fused-ring (bicyclic) bond motifs is 3. The van der Waals surface area contributed by atoms with E-state index in [1.165, 1.54) is 30.4 Å². The van der Waals surface area contributed by atoms with Gasteiger partial charge in [0.05, 0.1) is 4.90 Å². The van der Waals surface area contributed by atoms with Gasteiger partial charge >= 0.3 is 6.16 Å². The second-order valence-electron chi connectivity index (χ2n) is 9.41. The molecule has 2 unspecified atom stereocenters. The molecule has 1 saturated heterocycles. The Bertz CT molecular complexity index is 1570. The van der Waals surface area contributed by atoms with Crippen LogP contribution in [0.4, 0.5) is 4.79 Å². The summed E-state index contributed by atoms with van der Waals surface area (Å²) >= 11 is 0. The molecule has 2 aromatic rings. The van der Waals surface area contributed by atoms with Crippen molar-refractivity contribution >= 4 is 39.9 Å². The molecule has 1 aliphatic carbocycles. The van der Waals surface area contributed by atoms with Gasteiger partial charge in [-0.1, -0.05) is 29.3 Å². The predicted octanol–water partition coefficient (Wildman–Crippen LogP) is 1.58. The lowest BCUT2D eigenvalue weighted by Gasteiger charge is -2.19. The van der Waals surface area contributed by atoms with Gasteiger partial charge in [0.2, 0.25) is 0 Å². The fraction of sp³-hybridized carbons (Fsp3) is 0.269. The van der Waals surface area contributed by atoms with E-state index >= 15 is 0 Å². The van der Waals surface area contributed by atoms with Gasteiger partial charge in [0.25, 0.3) is 33.7 Å². The number of hydrogen-bond donors (Lipinski definition) is 2. The zero-order valence-electron chi connectivity index (χ0n) is 20.8. The Morgan fingerprint density at radius 2 is 1.65 bits per heavy atom. The van der Waals surface area contributed by atoms with Crippen LogP contribution in [0.1, 0.15) is 47.9 Å². The SMILES string of the molecule is NC(CCN1C(=O)C=CC1=O)c1ccc2c(c1)C(COC(=O)ON1C(=O)CCC1=O)c1ccc(S(=O)(=O)O)cc1-2. The van der Waals surface area contributed by atoms with Gasteiger partial charge in [-0.25, -0.2) is 4.79 Å². The van der Waals surface area contributed by atoms with Crippen molar-refractivity contribution in [3.05, 3.63) is 65.2 Å². The summed E-state index contributed by atoms with van der Waals surface area (Å²) in [4.78, 5) is 65.0. The summed E-state index contributed by atoms with van der Waals surface area (Å²) in [7, 11) is -4.50. The summed E-state index contributed by atoms with van der Waals surface area (Å²) in [5.74, 6) is -2.78. The molecule has 4 amide bonds. The second-order valence-corrected chi connectivity index (χ2v) is 10.8. The maximum absolute atomic E-state index is 12.3. The molecule has 1 fully saturated rings. The number of carbonyl (C=O) groups excluding carboxylic acids is 5. The molecule has 2 aromatic carbocycles. The third-order valence-electron chi connectivity index (χ3n) is 6.97. The fourth-order valence-electron chi connectivity index (χ4n) is 4.92. The van der Waals surface area contributed by atoms with Crippen molar-refractivity contribution in [2.75, 3.05) is 13.2 Å². The molecule has 0 spiro atoms. The van der Waals surface area contributed by atoms with Gasteiger partial charge in [0, 0.05) is 43.5 Å². The smallest absolute Gasteiger partial charge is 0.432 e. The van der Waals surface area contributed by atoms with E-state index in [4.69, 9.17) is 15.3 Å². The zero-order chi connectivity index (χ0) is 28.8. The van der Waals surface area contributed by atoms with Crippen molar-refractivity contribution in [2.45, 2.75) is 36.1 Å². The molecule has 2 aliphatic heterocycles. The van der Waals surface area contributed by atoms with E-state index in [1.54, 1.807) is 18.2 Å². The van der Waals surface area contributed by atoms with E-state index in [-0.39, 0.29) is 37.3 Å². The highest BCUT2D eigenvalue weighted by atomic mass is 32.2. The molecule has 3 aliphatic rings. The van der Waals surface area contributed by atoms with Crippen LogP contribution in [0.3, 0.4) is 0 Å². The minimum atomic E-state index is -4.50. The summed E-state index contributed by atoms with van der Waals surface area (Å²) in [6.07, 6.45) is 1.22. The van der Waals surface area contributed by atoms with Gasteiger partial charge in [0.1, 0.15) is 6.61 Å². The van der Waals surface area contributed by atoms with Gasteiger partial charge in [-0.05, 0) is 46.4 Å². The minimum absolute atomic E-state index is 0.0782. The Morgan fingerprint density at radius 3 is 2.30 bits per heavy atom. The molecule has 40 heavy (non-hydrogen) atoms. The van der Waals surface area contributed by atoms with Crippen molar-refractivity contribution in [3.63, 3.8) is 0 Å². The Labute approximate surface area is 227 Å². The maximum Gasteiger partial charge on any atom is 0.533 e. The van der Waals surface area contributed by atoms with Crippen molar-refractivity contribution in [1.29, 1.82) is 0 Å². The molecule has 0 aromatic heterocycles. The average Bonchev–Trinajstić information content (AvgIpc) is 3.52. The molecule has 2 atom stereocenters. The van der Waals surface area contributed by atoms with Crippen LogP contribution in [0.25, 0.3) is 11.1 Å². The molecule has 0 radical (unpaired) electrons. The number of rotatable bonds is 8. The molecule has 2 heterocycles. The van der Waals surface area contributed by atoms with Gasteiger partial charge in [-0.15, -0.1) is 0 Å². The number of hydrogen-bond acceptors (Lipinski definition) is 10. The quantitative estimate of drug-likeness (QED) is 0.266. The highest BCUT2D eigenvalue weighted by Gasteiger charge is 2.35. The summed E-state index contributed by atoms with van der Waals surface area (Å²) in [6, 6.07) is 8.63. The first-order chi connectivity index (χ1) is 18.9. The standard InChI is InChI=1S/C26H23N3O10S/c27-21(9-10-28-22(30)5-6-23(28)31)14-1-3-16-18(11-14)20(17-4-2-15(12-19(16)17)40(35,36)37)13-38-26(34)39-29-24(32)7-8-25(29)33/h1-6,11-12,20-21H,7-10,13,27H2,(H,35,36,37). The van der Waals surface area contributed by atoms with Crippen LogP contribution in [0.5, 0.6) is 0 Å². The molecule has 0 saturated carbocycles. The lowest BCUT2D eigenvalue weighted by Crippen LogP contribution is -2.32. The molecule has 3 N–H and O–H groups in total. The van der Waals surface area contributed by atoms with Crippen LogP contribution < -0.4 is 5.73 Å². The Kier molecular flexibility index (Phi) is 6.99. The first-order valence-electron chi connectivity index (χ1n) is 12.2. The summed E-state index contributed by atoms with van der Waals surface area (Å²) in [5.41, 5.74) is 9.33. The lowest BCUT2D eigenvalue weighted by atomic mass is 9.94. The summed E-state index contributed by atoms with van der Waals surface area (Å²) in [6.45, 7) is -0.186. The number of imide groups is 2. The third kappa shape index (κ3) is 5.11. The van der Waals surface area contributed by atoms with Crippen LogP contribution in [-0.2, 0) is 38.9 Å². The van der Waals surface area contributed by atoms with E-state index in [0.29, 0.717) is 32.9 Å². The number of amides is 4. The first-order valence-corrected chi connectivity index (χ1v) is 13.6. The zero-order valence-corrected chi connectivity index (χ0v) is 21.6. The first kappa shape index (κ1) is 27.2. The van der Waals surface area contributed by atoms with E-state index in [1.807, 2.05) is 0 Å². The number of benzene rings is 2. The van der Waals surface area contributed by atoms with E-state index < -0.39 is 51.9 Å². The van der Waals surface area contributed by atoms with Gasteiger partial charge < -0.3 is 10.5 Å². The lowest BCUT2D eigenvalue weighted by molar-refractivity contribution is -0.177. The topological polar surface area (TPSA) is 191 Å². The van der Waals surface area contributed by atoms with Crippen LogP contribution in [0, 0.1) is 0 Å². The number of hydroxylamine groups is 2.